The maximum Gasteiger partial charge on any atom is 0.0181 e. The van der Waals surface area contributed by atoms with Crippen LogP contribution in [0.25, 0.3) is 54.6 Å². The van der Waals surface area contributed by atoms with Crippen LogP contribution in [0.15, 0.2) is 118 Å². The number of rotatable bonds is 2. The predicted molar refractivity (Wildman–Crippen MR) is 145 cm³/mol. The second kappa shape index (κ2) is 7.88. The monoisotopic (exact) mass is 536 g/mol. The van der Waals surface area contributed by atoms with Gasteiger partial charge in [0.25, 0.3) is 0 Å². The molecule has 6 rings (SSSR count). The summed E-state index contributed by atoms with van der Waals surface area (Å²) in [5.41, 5.74) is 4.93. The van der Waals surface area contributed by atoms with E-state index in [2.05, 4.69) is 141 Å². The summed E-state index contributed by atoms with van der Waals surface area (Å²) in [5.74, 6) is 0. The van der Waals surface area contributed by atoms with Gasteiger partial charge in [-0.05, 0) is 78.8 Å². The van der Waals surface area contributed by atoms with Gasteiger partial charge >= 0.3 is 0 Å². The van der Waals surface area contributed by atoms with Crippen LogP contribution in [0, 0.1) is 0 Å². The molecule has 0 nitrogen and oxygen atoms in total. The summed E-state index contributed by atoms with van der Waals surface area (Å²) >= 11 is 7.33. The van der Waals surface area contributed by atoms with E-state index in [1.54, 1.807) is 0 Å². The van der Waals surface area contributed by atoms with Crippen molar-refractivity contribution in [1.82, 2.24) is 0 Å². The van der Waals surface area contributed by atoms with E-state index in [0.717, 1.165) is 8.95 Å². The van der Waals surface area contributed by atoms with Gasteiger partial charge in [-0.15, -0.1) is 0 Å². The third-order valence-corrected chi connectivity index (χ3v) is 7.15. The van der Waals surface area contributed by atoms with Crippen LogP contribution >= 0.6 is 31.9 Å². The molecule has 6 aromatic rings. The maximum absolute atomic E-state index is 3.67. The SMILES string of the molecule is Brc1cccc(-c2ccc(-c3cccc(Br)c3)c3c4ccccc4c4ccccc4c23)c1. The molecule has 0 aliphatic rings. The number of hydrogen-bond acceptors (Lipinski definition) is 0. The van der Waals surface area contributed by atoms with E-state index in [4.69, 9.17) is 0 Å². The number of fused-ring (bicyclic) bond motifs is 6. The Morgan fingerprint density at radius 2 is 0.781 bits per heavy atom. The Morgan fingerprint density at radius 1 is 0.375 bits per heavy atom. The van der Waals surface area contributed by atoms with Gasteiger partial charge in [-0.3, -0.25) is 0 Å². The second-order valence-electron chi connectivity index (χ2n) is 8.02. The molecule has 0 heterocycles. The van der Waals surface area contributed by atoms with Gasteiger partial charge in [0.05, 0.1) is 0 Å². The molecular weight excluding hydrogens is 520 g/mol. The molecule has 32 heavy (non-hydrogen) atoms. The zero-order valence-corrected chi connectivity index (χ0v) is 20.3. The summed E-state index contributed by atoms with van der Waals surface area (Å²) in [6, 6.07) is 39.3. The highest BCUT2D eigenvalue weighted by atomic mass is 79.9. The van der Waals surface area contributed by atoms with E-state index in [0.29, 0.717) is 0 Å². The predicted octanol–water partition coefficient (Wildman–Crippen LogP) is 10.0. The molecule has 152 valence electrons. The number of halogens is 2. The summed E-state index contributed by atoms with van der Waals surface area (Å²) < 4.78 is 2.17. The molecule has 0 aliphatic carbocycles. The summed E-state index contributed by atoms with van der Waals surface area (Å²) in [7, 11) is 0. The van der Waals surface area contributed by atoms with Gasteiger partial charge in [-0.1, -0.05) is 117 Å². The Morgan fingerprint density at radius 3 is 1.19 bits per heavy atom. The molecule has 0 aliphatic heterocycles. The quantitative estimate of drug-likeness (QED) is 0.193. The number of benzene rings is 6. The Hall–Kier alpha value is -2.94. The molecule has 6 aromatic carbocycles. The van der Waals surface area contributed by atoms with Crippen LogP contribution in [0.5, 0.6) is 0 Å². The van der Waals surface area contributed by atoms with Crippen molar-refractivity contribution in [2.75, 3.05) is 0 Å². The molecular formula is C30H18Br2. The zero-order chi connectivity index (χ0) is 21.7. The van der Waals surface area contributed by atoms with Crippen LogP contribution < -0.4 is 0 Å². The summed E-state index contributed by atoms with van der Waals surface area (Å²) in [6.07, 6.45) is 0. The van der Waals surface area contributed by atoms with Crippen molar-refractivity contribution in [3.8, 4) is 22.3 Å². The Balaban J connectivity index is 1.89. The Bertz CT molecular complexity index is 1520. The van der Waals surface area contributed by atoms with Crippen LogP contribution in [0.4, 0.5) is 0 Å². The lowest BCUT2D eigenvalue weighted by molar-refractivity contribution is 1.60. The molecule has 0 N–H and O–H groups in total. The number of hydrogen-bond donors (Lipinski definition) is 0. The van der Waals surface area contributed by atoms with Gasteiger partial charge < -0.3 is 0 Å². The highest BCUT2D eigenvalue weighted by molar-refractivity contribution is 9.10. The average Bonchev–Trinajstić information content (AvgIpc) is 2.83. The second-order valence-corrected chi connectivity index (χ2v) is 9.85. The fourth-order valence-corrected chi connectivity index (χ4v) is 5.63. The Labute approximate surface area is 203 Å². The summed E-state index contributed by atoms with van der Waals surface area (Å²) in [5, 5.41) is 7.75. The van der Waals surface area contributed by atoms with Crippen molar-refractivity contribution in [3.63, 3.8) is 0 Å². The van der Waals surface area contributed by atoms with Crippen molar-refractivity contribution < 1.29 is 0 Å². The lowest BCUT2D eigenvalue weighted by Gasteiger charge is -2.18. The molecule has 0 saturated heterocycles. The average molecular weight is 538 g/mol. The standard InChI is InChI=1S/C30H18Br2/c31-21-9-5-7-19(17-21)23-15-16-24(20-8-6-10-22(32)18-20)30-28-14-4-2-12-26(28)25-11-1-3-13-27(25)29(23)30/h1-18H. The molecule has 0 radical (unpaired) electrons. The van der Waals surface area contributed by atoms with Gasteiger partial charge in [-0.2, -0.15) is 0 Å². The van der Waals surface area contributed by atoms with Gasteiger partial charge in [-0.25, -0.2) is 0 Å². The van der Waals surface area contributed by atoms with Gasteiger partial charge in [0.1, 0.15) is 0 Å². The van der Waals surface area contributed by atoms with Crippen LogP contribution in [0.1, 0.15) is 0 Å². The van der Waals surface area contributed by atoms with Gasteiger partial charge in [0.15, 0.2) is 0 Å². The minimum absolute atomic E-state index is 1.09. The van der Waals surface area contributed by atoms with Crippen LogP contribution in [0.2, 0.25) is 0 Å². The minimum atomic E-state index is 1.09. The topological polar surface area (TPSA) is 0 Å². The van der Waals surface area contributed by atoms with Crippen molar-refractivity contribution in [3.05, 3.63) is 118 Å². The molecule has 0 amide bonds. The maximum atomic E-state index is 3.67. The third kappa shape index (κ3) is 3.18. The van der Waals surface area contributed by atoms with Crippen molar-refractivity contribution >= 4 is 64.2 Å². The zero-order valence-electron chi connectivity index (χ0n) is 17.1. The van der Waals surface area contributed by atoms with E-state index in [-0.39, 0.29) is 0 Å². The van der Waals surface area contributed by atoms with E-state index in [9.17, 15) is 0 Å². The molecule has 0 atom stereocenters. The molecule has 0 aromatic heterocycles. The fourth-order valence-electron chi connectivity index (χ4n) is 4.83. The van der Waals surface area contributed by atoms with Crippen LogP contribution in [-0.2, 0) is 0 Å². The van der Waals surface area contributed by atoms with Gasteiger partial charge in [0.2, 0.25) is 0 Å². The minimum Gasteiger partial charge on any atom is -0.0616 e. The van der Waals surface area contributed by atoms with E-state index < -0.39 is 0 Å². The molecule has 0 fully saturated rings. The largest absolute Gasteiger partial charge is 0.0616 e. The van der Waals surface area contributed by atoms with Crippen LogP contribution in [0.3, 0.4) is 0 Å². The van der Waals surface area contributed by atoms with Gasteiger partial charge in [0, 0.05) is 8.95 Å². The lowest BCUT2D eigenvalue weighted by Crippen LogP contribution is -1.90. The first kappa shape index (κ1) is 19.7. The van der Waals surface area contributed by atoms with E-state index in [1.165, 1.54) is 54.6 Å². The molecule has 0 saturated carbocycles. The smallest absolute Gasteiger partial charge is 0.0181 e. The molecule has 0 bridgehead atoms. The first-order valence-electron chi connectivity index (χ1n) is 10.6. The first-order chi connectivity index (χ1) is 15.7. The first-order valence-corrected chi connectivity index (χ1v) is 12.2. The lowest BCUT2D eigenvalue weighted by atomic mass is 9.85. The Kier molecular flexibility index (Phi) is 4.86. The van der Waals surface area contributed by atoms with Crippen molar-refractivity contribution in [2.45, 2.75) is 0 Å². The van der Waals surface area contributed by atoms with Crippen molar-refractivity contribution in [1.29, 1.82) is 0 Å². The van der Waals surface area contributed by atoms with E-state index in [1.807, 2.05) is 0 Å². The van der Waals surface area contributed by atoms with Crippen molar-refractivity contribution in [2.24, 2.45) is 0 Å². The summed E-state index contributed by atoms with van der Waals surface area (Å²) in [6.45, 7) is 0. The van der Waals surface area contributed by atoms with E-state index >= 15 is 0 Å². The fraction of sp³-hybridized carbons (Fsp3) is 0. The molecule has 2 heteroatoms. The normalized spacial score (nSPS) is 11.4. The molecule has 0 spiro atoms. The third-order valence-electron chi connectivity index (χ3n) is 6.16. The highest BCUT2D eigenvalue weighted by Crippen LogP contribution is 2.44. The van der Waals surface area contributed by atoms with Crippen LogP contribution in [-0.4, -0.2) is 0 Å². The molecule has 0 unspecified atom stereocenters. The summed E-state index contributed by atoms with van der Waals surface area (Å²) in [4.78, 5) is 0. The highest BCUT2D eigenvalue weighted by Gasteiger charge is 2.17.